The average Bonchev–Trinajstić information content (AvgIpc) is 2.97. The Morgan fingerprint density at radius 1 is 1.16 bits per heavy atom. The summed E-state index contributed by atoms with van der Waals surface area (Å²) in [5.41, 5.74) is 3.95. The number of sulfonamides is 1. The van der Waals surface area contributed by atoms with Crippen LogP contribution in [0.25, 0.3) is 0 Å². The Labute approximate surface area is 148 Å². The Morgan fingerprint density at radius 2 is 1.92 bits per heavy atom. The zero-order chi connectivity index (χ0) is 18.0. The largest absolute Gasteiger partial charge is 0.311 e. The molecule has 0 fully saturated rings. The van der Waals surface area contributed by atoms with Crippen molar-refractivity contribution in [1.29, 1.82) is 0 Å². The van der Waals surface area contributed by atoms with Gasteiger partial charge in [-0.05, 0) is 30.5 Å². The molecule has 2 aromatic rings. The fourth-order valence-electron chi connectivity index (χ4n) is 3.14. The molecule has 0 bridgehead atoms. The van der Waals surface area contributed by atoms with E-state index in [4.69, 9.17) is 0 Å². The van der Waals surface area contributed by atoms with E-state index in [0.29, 0.717) is 6.54 Å². The molecule has 25 heavy (non-hydrogen) atoms. The van der Waals surface area contributed by atoms with E-state index >= 15 is 0 Å². The van der Waals surface area contributed by atoms with Crippen molar-refractivity contribution in [1.82, 2.24) is 4.31 Å². The first-order valence-corrected chi connectivity index (χ1v) is 10.1. The molecule has 0 unspecified atom stereocenters. The molecule has 2 aromatic carbocycles. The van der Waals surface area contributed by atoms with E-state index in [1.54, 1.807) is 4.90 Å². The third kappa shape index (κ3) is 4.08. The Hall–Kier alpha value is -2.18. The van der Waals surface area contributed by atoms with Gasteiger partial charge >= 0.3 is 0 Å². The van der Waals surface area contributed by atoms with Crippen molar-refractivity contribution >= 4 is 21.6 Å². The first kappa shape index (κ1) is 17.6. The van der Waals surface area contributed by atoms with Gasteiger partial charge in [0.1, 0.15) is 0 Å². The lowest BCUT2D eigenvalue weighted by Gasteiger charge is -2.24. The van der Waals surface area contributed by atoms with Gasteiger partial charge in [0.2, 0.25) is 15.9 Å². The second-order valence-corrected chi connectivity index (χ2v) is 8.43. The van der Waals surface area contributed by atoms with Crippen LogP contribution in [0.3, 0.4) is 0 Å². The number of para-hydroxylation sites is 1. The van der Waals surface area contributed by atoms with E-state index in [0.717, 1.165) is 35.1 Å². The molecule has 0 aliphatic carbocycles. The first-order valence-electron chi connectivity index (χ1n) is 8.23. The molecule has 0 spiro atoms. The number of amides is 1. The molecule has 0 saturated heterocycles. The lowest BCUT2D eigenvalue weighted by atomic mass is 10.1. The van der Waals surface area contributed by atoms with E-state index < -0.39 is 10.0 Å². The zero-order valence-corrected chi connectivity index (χ0v) is 15.3. The molecule has 6 heteroatoms. The molecule has 1 heterocycles. The fourth-order valence-corrected chi connectivity index (χ4v) is 3.87. The Balaban J connectivity index is 1.78. The van der Waals surface area contributed by atoms with Crippen molar-refractivity contribution in [2.24, 2.45) is 0 Å². The van der Waals surface area contributed by atoms with E-state index in [-0.39, 0.29) is 19.0 Å². The summed E-state index contributed by atoms with van der Waals surface area (Å²) in [5, 5.41) is 0. The highest BCUT2D eigenvalue weighted by Crippen LogP contribution is 2.27. The van der Waals surface area contributed by atoms with Crippen LogP contribution in [-0.4, -0.2) is 38.0 Å². The van der Waals surface area contributed by atoms with E-state index in [2.05, 4.69) is 0 Å². The minimum Gasteiger partial charge on any atom is -0.311 e. The van der Waals surface area contributed by atoms with Crippen molar-refractivity contribution in [2.45, 2.75) is 19.9 Å². The summed E-state index contributed by atoms with van der Waals surface area (Å²) in [7, 11) is -3.49. The number of anilines is 1. The molecule has 132 valence electrons. The van der Waals surface area contributed by atoms with Crippen molar-refractivity contribution in [3.63, 3.8) is 0 Å². The highest BCUT2D eigenvalue weighted by molar-refractivity contribution is 7.88. The molecule has 1 amide bonds. The number of carbonyl (C=O) groups excluding carboxylic acids is 1. The second kappa shape index (κ2) is 6.98. The summed E-state index contributed by atoms with van der Waals surface area (Å²) in [4.78, 5) is 14.4. The maximum absolute atomic E-state index is 12.7. The van der Waals surface area contributed by atoms with Crippen LogP contribution < -0.4 is 4.90 Å². The van der Waals surface area contributed by atoms with Crippen molar-refractivity contribution < 1.29 is 13.2 Å². The number of carbonyl (C=O) groups is 1. The van der Waals surface area contributed by atoms with E-state index in [1.807, 2.05) is 55.5 Å². The minimum atomic E-state index is -3.49. The van der Waals surface area contributed by atoms with Crippen molar-refractivity contribution in [3.05, 3.63) is 65.2 Å². The van der Waals surface area contributed by atoms with Crippen LogP contribution in [0.5, 0.6) is 0 Å². The normalized spacial score (nSPS) is 14.0. The Morgan fingerprint density at radius 3 is 2.64 bits per heavy atom. The lowest BCUT2D eigenvalue weighted by Crippen LogP contribution is -2.41. The third-order valence-electron chi connectivity index (χ3n) is 4.41. The summed E-state index contributed by atoms with van der Waals surface area (Å²) < 4.78 is 25.6. The van der Waals surface area contributed by atoms with Crippen molar-refractivity contribution in [3.8, 4) is 0 Å². The number of benzene rings is 2. The van der Waals surface area contributed by atoms with Gasteiger partial charge in [0.15, 0.2) is 0 Å². The molecular weight excluding hydrogens is 336 g/mol. The van der Waals surface area contributed by atoms with Gasteiger partial charge < -0.3 is 4.90 Å². The lowest BCUT2D eigenvalue weighted by molar-refractivity contribution is -0.118. The highest BCUT2D eigenvalue weighted by atomic mass is 32.2. The minimum absolute atomic E-state index is 0.152. The summed E-state index contributed by atoms with van der Waals surface area (Å²) in [6.07, 6.45) is 1.95. The van der Waals surface area contributed by atoms with Crippen LogP contribution in [0.4, 0.5) is 5.69 Å². The Kier molecular flexibility index (Phi) is 4.92. The van der Waals surface area contributed by atoms with Crippen molar-refractivity contribution in [2.75, 3.05) is 24.2 Å². The molecule has 0 radical (unpaired) electrons. The van der Waals surface area contributed by atoms with Crippen LogP contribution in [0.15, 0.2) is 48.5 Å². The second-order valence-electron chi connectivity index (χ2n) is 6.44. The Bertz CT molecular complexity index is 893. The number of nitrogens with zero attached hydrogens (tertiary/aromatic N) is 2. The number of fused-ring (bicyclic) bond motifs is 1. The maximum Gasteiger partial charge on any atom is 0.242 e. The fraction of sp³-hybridized carbons (Fsp3) is 0.316. The summed E-state index contributed by atoms with van der Waals surface area (Å²) in [5.74, 6) is -0.192. The van der Waals surface area contributed by atoms with Crippen LogP contribution in [-0.2, 0) is 27.8 Å². The molecule has 0 atom stereocenters. The molecule has 1 aliphatic heterocycles. The molecule has 5 nitrogen and oxygen atoms in total. The predicted octanol–water partition coefficient (Wildman–Crippen LogP) is 2.35. The van der Waals surface area contributed by atoms with Gasteiger partial charge in [-0.25, -0.2) is 8.42 Å². The molecule has 3 rings (SSSR count). The van der Waals surface area contributed by atoms with E-state index in [9.17, 15) is 13.2 Å². The number of hydrogen-bond donors (Lipinski definition) is 0. The standard InChI is InChI=1S/C19H22N2O3S/c1-15-6-5-7-16(12-15)13-20(25(2,23)24)14-19(22)21-11-10-17-8-3-4-9-18(17)21/h3-9,12H,10-11,13-14H2,1-2H3. The van der Waals surface area contributed by atoms with Crippen LogP contribution in [0.1, 0.15) is 16.7 Å². The first-order chi connectivity index (χ1) is 11.8. The number of rotatable bonds is 5. The quantitative estimate of drug-likeness (QED) is 0.824. The number of hydrogen-bond acceptors (Lipinski definition) is 3. The summed E-state index contributed by atoms with van der Waals surface area (Å²) in [6, 6.07) is 15.4. The van der Waals surface area contributed by atoms with Gasteiger partial charge in [0, 0.05) is 18.8 Å². The monoisotopic (exact) mass is 358 g/mol. The third-order valence-corrected chi connectivity index (χ3v) is 5.61. The average molecular weight is 358 g/mol. The van der Waals surface area contributed by atoms with Crippen LogP contribution in [0, 0.1) is 6.92 Å². The molecule has 0 N–H and O–H groups in total. The van der Waals surface area contributed by atoms with E-state index in [1.165, 1.54) is 4.31 Å². The number of aryl methyl sites for hydroxylation is 1. The highest BCUT2D eigenvalue weighted by Gasteiger charge is 2.28. The molecule has 1 aliphatic rings. The smallest absolute Gasteiger partial charge is 0.242 e. The van der Waals surface area contributed by atoms with Gasteiger partial charge in [0.05, 0.1) is 12.8 Å². The van der Waals surface area contributed by atoms with Gasteiger partial charge in [0.25, 0.3) is 0 Å². The summed E-state index contributed by atoms with van der Waals surface area (Å²) >= 11 is 0. The van der Waals surface area contributed by atoms with Crippen LogP contribution >= 0.6 is 0 Å². The zero-order valence-electron chi connectivity index (χ0n) is 14.5. The van der Waals surface area contributed by atoms with Gasteiger partial charge in [-0.3, -0.25) is 4.79 Å². The topological polar surface area (TPSA) is 57.7 Å². The van der Waals surface area contributed by atoms with Gasteiger partial charge in [-0.2, -0.15) is 4.31 Å². The maximum atomic E-state index is 12.7. The SMILES string of the molecule is Cc1cccc(CN(CC(=O)N2CCc3ccccc32)S(C)(=O)=O)c1. The molecular formula is C19H22N2O3S. The van der Waals surface area contributed by atoms with Crippen LogP contribution in [0.2, 0.25) is 0 Å². The summed E-state index contributed by atoms with van der Waals surface area (Å²) in [6.45, 7) is 2.60. The van der Waals surface area contributed by atoms with Gasteiger partial charge in [-0.15, -0.1) is 0 Å². The molecule has 0 aromatic heterocycles. The van der Waals surface area contributed by atoms with Gasteiger partial charge in [-0.1, -0.05) is 48.0 Å². The molecule has 0 saturated carbocycles. The predicted molar refractivity (Wildman–Crippen MR) is 98.9 cm³/mol.